The van der Waals surface area contributed by atoms with Gasteiger partial charge < -0.3 is 9.47 Å². The Hall–Kier alpha value is -2.12. The topological polar surface area (TPSA) is 85.4 Å². The van der Waals surface area contributed by atoms with Crippen LogP contribution in [0.5, 0.6) is 0 Å². The maximum absolute atomic E-state index is 12.9. The largest absolute Gasteiger partial charge is 0.339 e. The number of hydrogen-bond donors (Lipinski definition) is 1. The fraction of sp³-hybridized carbons (Fsp3) is 0.353. The molecule has 24 heavy (non-hydrogen) atoms. The van der Waals surface area contributed by atoms with Crippen LogP contribution in [0.1, 0.15) is 23.2 Å². The zero-order chi connectivity index (χ0) is 17.2. The molecule has 0 radical (unpaired) electrons. The molecule has 1 aromatic heterocycles. The number of primary sulfonamides is 1. The molecule has 2 aromatic rings. The van der Waals surface area contributed by atoms with Crippen molar-refractivity contribution in [2.45, 2.75) is 12.8 Å². The molecule has 1 amide bonds. The molecule has 0 saturated carbocycles. The van der Waals surface area contributed by atoms with Gasteiger partial charge in [0.05, 0.1) is 17.0 Å². The van der Waals surface area contributed by atoms with Crippen molar-refractivity contribution in [2.75, 3.05) is 18.8 Å². The van der Waals surface area contributed by atoms with E-state index in [1.807, 2.05) is 53.4 Å². The molecule has 1 aliphatic heterocycles. The predicted molar refractivity (Wildman–Crippen MR) is 92.4 cm³/mol. The van der Waals surface area contributed by atoms with Crippen molar-refractivity contribution in [2.24, 2.45) is 11.1 Å². The van der Waals surface area contributed by atoms with Crippen molar-refractivity contribution in [3.8, 4) is 5.69 Å². The molecule has 0 bridgehead atoms. The summed E-state index contributed by atoms with van der Waals surface area (Å²) < 4.78 is 24.3. The van der Waals surface area contributed by atoms with Crippen molar-refractivity contribution in [3.63, 3.8) is 0 Å². The van der Waals surface area contributed by atoms with Gasteiger partial charge >= 0.3 is 0 Å². The van der Waals surface area contributed by atoms with Crippen LogP contribution in [0.15, 0.2) is 48.8 Å². The number of sulfonamides is 1. The number of likely N-dealkylation sites (tertiary alicyclic amines) is 1. The smallest absolute Gasteiger partial charge is 0.255 e. The van der Waals surface area contributed by atoms with Crippen molar-refractivity contribution in [1.29, 1.82) is 0 Å². The predicted octanol–water partition coefficient (Wildman–Crippen LogP) is 1.62. The molecule has 2 heterocycles. The van der Waals surface area contributed by atoms with Gasteiger partial charge in [0.2, 0.25) is 10.0 Å². The number of benzene rings is 1. The molecule has 128 valence electrons. The molecule has 0 unspecified atom stereocenters. The van der Waals surface area contributed by atoms with Gasteiger partial charge in [-0.15, -0.1) is 0 Å². The highest BCUT2D eigenvalue weighted by Crippen LogP contribution is 2.22. The van der Waals surface area contributed by atoms with Gasteiger partial charge in [-0.1, -0.05) is 12.1 Å². The number of carbonyl (C=O) groups excluding carboxylic acids is 1. The minimum atomic E-state index is -3.46. The summed E-state index contributed by atoms with van der Waals surface area (Å²) in [6.45, 7) is 1.11. The second-order valence-corrected chi connectivity index (χ2v) is 7.83. The van der Waals surface area contributed by atoms with E-state index in [0.29, 0.717) is 31.5 Å². The first-order valence-electron chi connectivity index (χ1n) is 7.96. The Morgan fingerprint density at radius 2 is 1.71 bits per heavy atom. The van der Waals surface area contributed by atoms with Gasteiger partial charge in [-0.05, 0) is 43.0 Å². The van der Waals surface area contributed by atoms with Crippen molar-refractivity contribution in [1.82, 2.24) is 9.47 Å². The SMILES string of the molecule is NS(=O)(=O)CC1CCN(C(=O)c2ccccc2-n2cccc2)CC1. The molecule has 3 rings (SSSR count). The van der Waals surface area contributed by atoms with E-state index in [1.54, 1.807) is 4.90 Å². The molecule has 1 aromatic carbocycles. The summed E-state index contributed by atoms with van der Waals surface area (Å²) >= 11 is 0. The number of amides is 1. The van der Waals surface area contributed by atoms with Crippen LogP contribution in [-0.2, 0) is 10.0 Å². The molecule has 0 spiro atoms. The van der Waals surface area contributed by atoms with E-state index in [4.69, 9.17) is 5.14 Å². The first-order chi connectivity index (χ1) is 11.4. The third-order valence-electron chi connectivity index (χ3n) is 4.39. The molecule has 1 saturated heterocycles. The Kier molecular flexibility index (Phi) is 4.73. The highest BCUT2D eigenvalue weighted by atomic mass is 32.2. The third kappa shape index (κ3) is 3.85. The highest BCUT2D eigenvalue weighted by molar-refractivity contribution is 7.89. The fourth-order valence-electron chi connectivity index (χ4n) is 3.18. The van der Waals surface area contributed by atoms with Crippen LogP contribution >= 0.6 is 0 Å². The van der Waals surface area contributed by atoms with Gasteiger partial charge in [0.15, 0.2) is 0 Å². The van der Waals surface area contributed by atoms with Crippen molar-refractivity contribution in [3.05, 3.63) is 54.4 Å². The van der Waals surface area contributed by atoms with Gasteiger partial charge in [-0.2, -0.15) is 0 Å². The van der Waals surface area contributed by atoms with E-state index in [9.17, 15) is 13.2 Å². The second kappa shape index (κ2) is 6.78. The van der Waals surface area contributed by atoms with Gasteiger partial charge in [0.1, 0.15) is 0 Å². The lowest BCUT2D eigenvalue weighted by Gasteiger charge is -2.32. The number of hydrogen-bond acceptors (Lipinski definition) is 3. The normalized spacial score (nSPS) is 16.3. The average Bonchev–Trinajstić information content (AvgIpc) is 3.08. The molecule has 1 fully saturated rings. The zero-order valence-electron chi connectivity index (χ0n) is 13.3. The second-order valence-electron chi connectivity index (χ2n) is 6.17. The lowest BCUT2D eigenvalue weighted by atomic mass is 9.98. The lowest BCUT2D eigenvalue weighted by molar-refractivity contribution is 0.0698. The highest BCUT2D eigenvalue weighted by Gasteiger charge is 2.27. The summed E-state index contributed by atoms with van der Waals surface area (Å²) in [4.78, 5) is 14.7. The van der Waals surface area contributed by atoms with Gasteiger partial charge in [-0.25, -0.2) is 13.6 Å². The van der Waals surface area contributed by atoms with Crippen LogP contribution < -0.4 is 5.14 Å². The molecule has 2 N–H and O–H groups in total. The van der Waals surface area contributed by atoms with Crippen LogP contribution in [0.3, 0.4) is 0 Å². The molecule has 0 atom stereocenters. The summed E-state index contributed by atoms with van der Waals surface area (Å²) in [5.74, 6) is 0.00623. The van der Waals surface area contributed by atoms with E-state index in [-0.39, 0.29) is 17.6 Å². The van der Waals surface area contributed by atoms with E-state index in [1.165, 1.54) is 0 Å². The Balaban J connectivity index is 1.73. The number of nitrogens with two attached hydrogens (primary N) is 1. The number of nitrogens with zero attached hydrogens (tertiary/aromatic N) is 2. The van der Waals surface area contributed by atoms with E-state index >= 15 is 0 Å². The fourth-order valence-corrected chi connectivity index (χ4v) is 4.17. The van der Waals surface area contributed by atoms with Crippen LogP contribution in [0.25, 0.3) is 5.69 Å². The number of carbonyl (C=O) groups is 1. The first kappa shape index (κ1) is 16.7. The van der Waals surface area contributed by atoms with Gasteiger partial charge in [0.25, 0.3) is 5.91 Å². The van der Waals surface area contributed by atoms with Gasteiger partial charge in [0, 0.05) is 25.5 Å². The van der Waals surface area contributed by atoms with Crippen LogP contribution in [0.2, 0.25) is 0 Å². The quantitative estimate of drug-likeness (QED) is 0.912. The zero-order valence-corrected chi connectivity index (χ0v) is 14.2. The Labute approximate surface area is 141 Å². The molecule has 6 nitrogen and oxygen atoms in total. The molecular weight excluding hydrogens is 326 g/mol. The Morgan fingerprint density at radius 3 is 2.33 bits per heavy atom. The van der Waals surface area contributed by atoms with Crippen LogP contribution in [0.4, 0.5) is 0 Å². The Bertz CT molecular complexity index is 807. The number of piperidine rings is 1. The minimum Gasteiger partial charge on any atom is -0.339 e. The maximum atomic E-state index is 12.9. The van der Waals surface area contributed by atoms with Crippen molar-refractivity contribution >= 4 is 15.9 Å². The summed E-state index contributed by atoms with van der Waals surface area (Å²) in [6, 6.07) is 11.3. The van der Waals surface area contributed by atoms with E-state index in [0.717, 1.165) is 5.69 Å². The first-order valence-corrected chi connectivity index (χ1v) is 9.68. The molecule has 0 aliphatic carbocycles. The summed E-state index contributed by atoms with van der Waals surface area (Å²) in [6.07, 6.45) is 5.14. The number of rotatable bonds is 4. The van der Waals surface area contributed by atoms with Crippen LogP contribution in [0, 0.1) is 5.92 Å². The van der Waals surface area contributed by atoms with E-state index < -0.39 is 10.0 Å². The molecular formula is C17H21N3O3S. The monoisotopic (exact) mass is 347 g/mol. The molecule has 1 aliphatic rings. The molecule has 7 heteroatoms. The number of para-hydroxylation sites is 1. The summed E-state index contributed by atoms with van der Waals surface area (Å²) in [5.41, 5.74) is 1.50. The van der Waals surface area contributed by atoms with Crippen LogP contribution in [-0.4, -0.2) is 42.6 Å². The Morgan fingerprint density at radius 1 is 1.08 bits per heavy atom. The minimum absolute atomic E-state index is 0.00498. The number of aromatic nitrogens is 1. The van der Waals surface area contributed by atoms with Gasteiger partial charge in [-0.3, -0.25) is 4.79 Å². The average molecular weight is 347 g/mol. The maximum Gasteiger partial charge on any atom is 0.255 e. The summed E-state index contributed by atoms with van der Waals surface area (Å²) in [5, 5.41) is 5.11. The lowest BCUT2D eigenvalue weighted by Crippen LogP contribution is -2.40. The van der Waals surface area contributed by atoms with E-state index in [2.05, 4.69) is 0 Å². The standard InChI is InChI=1S/C17H21N3O3S/c18-24(22,23)13-14-7-11-20(12-8-14)17(21)15-5-1-2-6-16(15)19-9-3-4-10-19/h1-6,9-10,14H,7-8,11-13H2,(H2,18,22,23). The third-order valence-corrected chi connectivity index (χ3v) is 5.32. The summed E-state index contributed by atoms with van der Waals surface area (Å²) in [7, 11) is -3.46. The van der Waals surface area contributed by atoms with Crippen molar-refractivity contribution < 1.29 is 13.2 Å².